The summed E-state index contributed by atoms with van der Waals surface area (Å²) in [5.74, 6) is -0.644. The Labute approximate surface area is 191 Å². The molecule has 1 heterocycles. The van der Waals surface area contributed by atoms with Crippen molar-refractivity contribution >= 4 is 34.3 Å². The quantitative estimate of drug-likeness (QED) is 0.373. The van der Waals surface area contributed by atoms with E-state index in [2.05, 4.69) is 15.6 Å². The SMILES string of the molecule is CC(NC(=O)C(Cc1c[nH]c2ccccc12)NC(=O)c1ccccc1Cl)c1ccccc1. The van der Waals surface area contributed by atoms with E-state index in [-0.39, 0.29) is 17.9 Å². The first kappa shape index (κ1) is 21.7. The largest absolute Gasteiger partial charge is 0.361 e. The third kappa shape index (κ3) is 4.84. The van der Waals surface area contributed by atoms with Gasteiger partial charge in [-0.15, -0.1) is 0 Å². The van der Waals surface area contributed by atoms with E-state index in [0.717, 1.165) is 22.0 Å². The predicted octanol–water partition coefficient (Wildman–Crippen LogP) is 5.04. The number of benzene rings is 3. The van der Waals surface area contributed by atoms with E-state index in [4.69, 9.17) is 11.6 Å². The number of hydrogen-bond donors (Lipinski definition) is 3. The monoisotopic (exact) mass is 445 g/mol. The number of H-pyrrole nitrogens is 1. The molecule has 0 aliphatic rings. The number of carbonyl (C=O) groups is 2. The Hall–Kier alpha value is -3.57. The summed E-state index contributed by atoms with van der Waals surface area (Å²) in [6.45, 7) is 1.92. The third-order valence-corrected chi connectivity index (χ3v) is 5.83. The van der Waals surface area contributed by atoms with Crippen LogP contribution in [0.25, 0.3) is 10.9 Å². The number of fused-ring (bicyclic) bond motifs is 1. The molecule has 4 rings (SSSR count). The maximum absolute atomic E-state index is 13.3. The van der Waals surface area contributed by atoms with Gasteiger partial charge in [0.15, 0.2) is 0 Å². The molecule has 2 unspecified atom stereocenters. The molecule has 0 saturated heterocycles. The number of rotatable bonds is 7. The van der Waals surface area contributed by atoms with Crippen LogP contribution in [0.3, 0.4) is 0 Å². The second-order valence-corrected chi connectivity index (χ2v) is 8.12. The van der Waals surface area contributed by atoms with Crippen molar-refractivity contribution in [3.05, 3.63) is 107 Å². The van der Waals surface area contributed by atoms with Crippen LogP contribution in [-0.4, -0.2) is 22.8 Å². The molecule has 2 atom stereocenters. The summed E-state index contributed by atoms with van der Waals surface area (Å²) >= 11 is 6.20. The lowest BCUT2D eigenvalue weighted by atomic mass is 10.0. The zero-order valence-corrected chi connectivity index (χ0v) is 18.4. The van der Waals surface area contributed by atoms with E-state index < -0.39 is 6.04 Å². The second kappa shape index (κ2) is 9.71. The topological polar surface area (TPSA) is 74.0 Å². The Kier molecular flexibility index (Phi) is 6.57. The summed E-state index contributed by atoms with van der Waals surface area (Å²) in [6, 6.07) is 23.4. The van der Waals surface area contributed by atoms with Crippen molar-refractivity contribution in [2.24, 2.45) is 0 Å². The Morgan fingerprint density at radius 2 is 1.59 bits per heavy atom. The first-order valence-corrected chi connectivity index (χ1v) is 10.9. The van der Waals surface area contributed by atoms with E-state index in [1.54, 1.807) is 24.3 Å². The van der Waals surface area contributed by atoms with Gasteiger partial charge in [0.1, 0.15) is 6.04 Å². The maximum atomic E-state index is 13.3. The Morgan fingerprint density at radius 1 is 0.906 bits per heavy atom. The van der Waals surface area contributed by atoms with Crippen LogP contribution in [-0.2, 0) is 11.2 Å². The number of aromatic nitrogens is 1. The molecule has 6 heteroatoms. The number of halogens is 1. The van der Waals surface area contributed by atoms with Gasteiger partial charge in [-0.05, 0) is 36.2 Å². The fourth-order valence-corrected chi connectivity index (χ4v) is 3.97. The number of aromatic amines is 1. The highest BCUT2D eigenvalue weighted by molar-refractivity contribution is 6.33. The second-order valence-electron chi connectivity index (χ2n) is 7.71. The molecule has 0 bridgehead atoms. The summed E-state index contributed by atoms with van der Waals surface area (Å²) < 4.78 is 0. The standard InChI is InChI=1S/C26H24ClN3O2/c1-17(18-9-3-2-4-10-18)29-26(32)24(30-25(31)21-12-5-7-13-22(21)27)15-19-16-28-23-14-8-6-11-20(19)23/h2-14,16-17,24,28H,15H2,1H3,(H,29,32)(H,30,31). The lowest BCUT2D eigenvalue weighted by Crippen LogP contribution is -2.48. The lowest BCUT2D eigenvalue weighted by Gasteiger charge is -2.22. The van der Waals surface area contributed by atoms with Gasteiger partial charge in [-0.25, -0.2) is 0 Å². The summed E-state index contributed by atoms with van der Waals surface area (Å²) in [4.78, 5) is 29.4. The highest BCUT2D eigenvalue weighted by Crippen LogP contribution is 2.21. The summed E-state index contributed by atoms with van der Waals surface area (Å²) in [6.07, 6.45) is 2.22. The molecule has 3 N–H and O–H groups in total. The van der Waals surface area contributed by atoms with Gasteiger partial charge in [-0.2, -0.15) is 0 Å². The van der Waals surface area contributed by atoms with Gasteiger partial charge in [0.2, 0.25) is 5.91 Å². The normalized spacial score (nSPS) is 12.8. The average Bonchev–Trinajstić information content (AvgIpc) is 3.22. The number of carbonyl (C=O) groups excluding carboxylic acids is 2. The molecule has 32 heavy (non-hydrogen) atoms. The highest BCUT2D eigenvalue weighted by atomic mass is 35.5. The van der Waals surface area contributed by atoms with Gasteiger partial charge in [0.25, 0.3) is 5.91 Å². The number of para-hydroxylation sites is 1. The summed E-state index contributed by atoms with van der Waals surface area (Å²) in [5, 5.41) is 7.28. The molecule has 0 fully saturated rings. The van der Waals surface area contributed by atoms with Crippen molar-refractivity contribution in [1.29, 1.82) is 0 Å². The molecule has 0 radical (unpaired) electrons. The van der Waals surface area contributed by atoms with E-state index in [0.29, 0.717) is 17.0 Å². The van der Waals surface area contributed by atoms with E-state index in [9.17, 15) is 9.59 Å². The van der Waals surface area contributed by atoms with Crippen molar-refractivity contribution < 1.29 is 9.59 Å². The summed E-state index contributed by atoms with van der Waals surface area (Å²) in [5.41, 5.74) is 3.26. The summed E-state index contributed by atoms with van der Waals surface area (Å²) in [7, 11) is 0. The average molecular weight is 446 g/mol. The minimum atomic E-state index is -0.774. The van der Waals surface area contributed by atoms with E-state index >= 15 is 0 Å². The van der Waals surface area contributed by atoms with Crippen molar-refractivity contribution in [3.63, 3.8) is 0 Å². The van der Waals surface area contributed by atoms with Crippen molar-refractivity contribution in [1.82, 2.24) is 15.6 Å². The fraction of sp³-hybridized carbons (Fsp3) is 0.154. The molecule has 4 aromatic rings. The lowest BCUT2D eigenvalue weighted by molar-refractivity contribution is -0.123. The van der Waals surface area contributed by atoms with Crippen LogP contribution in [0.2, 0.25) is 5.02 Å². The minimum absolute atomic E-state index is 0.202. The molecule has 0 aliphatic heterocycles. The smallest absolute Gasteiger partial charge is 0.253 e. The highest BCUT2D eigenvalue weighted by Gasteiger charge is 2.25. The fourth-order valence-electron chi connectivity index (χ4n) is 3.75. The van der Waals surface area contributed by atoms with Crippen LogP contribution < -0.4 is 10.6 Å². The first-order chi connectivity index (χ1) is 15.5. The van der Waals surface area contributed by atoms with Gasteiger partial charge in [-0.1, -0.05) is 72.3 Å². The predicted molar refractivity (Wildman–Crippen MR) is 128 cm³/mol. The van der Waals surface area contributed by atoms with Gasteiger partial charge < -0.3 is 15.6 Å². The van der Waals surface area contributed by atoms with E-state index in [1.165, 1.54) is 0 Å². The molecule has 1 aromatic heterocycles. The van der Waals surface area contributed by atoms with Crippen LogP contribution in [0, 0.1) is 0 Å². The van der Waals surface area contributed by atoms with Gasteiger partial charge in [0.05, 0.1) is 16.6 Å². The molecule has 3 aromatic carbocycles. The third-order valence-electron chi connectivity index (χ3n) is 5.50. The molecule has 0 aliphatic carbocycles. The minimum Gasteiger partial charge on any atom is -0.361 e. The molecular formula is C26H24ClN3O2. The zero-order valence-electron chi connectivity index (χ0n) is 17.6. The van der Waals surface area contributed by atoms with Crippen LogP contribution in [0.15, 0.2) is 85.1 Å². The molecule has 0 spiro atoms. The van der Waals surface area contributed by atoms with Gasteiger partial charge in [-0.3, -0.25) is 9.59 Å². The molecule has 0 saturated carbocycles. The Balaban J connectivity index is 1.59. The first-order valence-electron chi connectivity index (χ1n) is 10.5. The zero-order chi connectivity index (χ0) is 22.5. The van der Waals surface area contributed by atoms with Crippen LogP contribution in [0.4, 0.5) is 0 Å². The van der Waals surface area contributed by atoms with Gasteiger partial charge >= 0.3 is 0 Å². The van der Waals surface area contributed by atoms with Gasteiger partial charge in [0, 0.05) is 23.5 Å². The van der Waals surface area contributed by atoms with Crippen LogP contribution >= 0.6 is 11.6 Å². The van der Waals surface area contributed by atoms with E-state index in [1.807, 2.05) is 67.7 Å². The maximum Gasteiger partial charge on any atom is 0.253 e. The number of amides is 2. The number of hydrogen-bond acceptors (Lipinski definition) is 2. The Bertz CT molecular complexity index is 1240. The van der Waals surface area contributed by atoms with Crippen molar-refractivity contribution in [3.8, 4) is 0 Å². The molecule has 162 valence electrons. The van der Waals surface area contributed by atoms with Crippen LogP contribution in [0.1, 0.15) is 34.5 Å². The van der Waals surface area contributed by atoms with Crippen molar-refractivity contribution in [2.45, 2.75) is 25.4 Å². The molecular weight excluding hydrogens is 422 g/mol. The van der Waals surface area contributed by atoms with Crippen molar-refractivity contribution in [2.75, 3.05) is 0 Å². The Morgan fingerprint density at radius 3 is 2.38 bits per heavy atom. The number of nitrogens with one attached hydrogen (secondary N) is 3. The molecule has 2 amide bonds. The molecule has 5 nitrogen and oxygen atoms in total. The van der Waals surface area contributed by atoms with Crippen LogP contribution in [0.5, 0.6) is 0 Å².